The normalized spacial score (nSPS) is 31.8. The summed E-state index contributed by atoms with van der Waals surface area (Å²) in [6.45, 7) is 0. The van der Waals surface area contributed by atoms with Crippen LogP contribution in [0.1, 0.15) is 38.1 Å². The van der Waals surface area contributed by atoms with Gasteiger partial charge in [0.2, 0.25) is 0 Å². The Bertz CT molecular complexity index is 622. The minimum Gasteiger partial charge on any atom is -0.481 e. The number of nitrogens with zero attached hydrogens (tertiary/aromatic N) is 3. The molecule has 6 heteroatoms. The first-order valence-electron chi connectivity index (χ1n) is 7.25. The highest BCUT2D eigenvalue weighted by Gasteiger charge is 2.50. The fourth-order valence-corrected chi connectivity index (χ4v) is 3.82. The number of hydrogen-bond acceptors (Lipinski definition) is 4. The molecule has 3 unspecified atom stereocenters. The van der Waals surface area contributed by atoms with Gasteiger partial charge in [-0.05, 0) is 32.1 Å². The number of fused-ring (bicyclic) bond motifs is 2. The molecule has 3 atom stereocenters. The summed E-state index contributed by atoms with van der Waals surface area (Å²) in [5.74, 6) is -0.652. The number of carboxylic acid groups (broad SMARTS) is 1. The van der Waals surface area contributed by atoms with E-state index in [0.29, 0.717) is 18.3 Å². The Morgan fingerprint density at radius 2 is 2.00 bits per heavy atom. The molecule has 3 aliphatic rings. The molecule has 1 aliphatic carbocycles. The van der Waals surface area contributed by atoms with E-state index in [2.05, 4.69) is 4.98 Å². The topological polar surface area (TPSA) is 75.4 Å². The van der Waals surface area contributed by atoms with E-state index in [9.17, 15) is 14.7 Å². The van der Waals surface area contributed by atoms with Crippen molar-refractivity contribution in [2.75, 3.05) is 4.90 Å². The summed E-state index contributed by atoms with van der Waals surface area (Å²) in [5.41, 5.74) is -0.0575. The van der Waals surface area contributed by atoms with E-state index >= 15 is 0 Å². The third-order valence-corrected chi connectivity index (χ3v) is 4.89. The summed E-state index contributed by atoms with van der Waals surface area (Å²) in [7, 11) is 0. The van der Waals surface area contributed by atoms with Gasteiger partial charge in [0.05, 0.1) is 5.92 Å². The SMILES string of the molecule is O=C(O)C1CC2CCC1N2c1nccn(C2CC2)c1=O. The van der Waals surface area contributed by atoms with Crippen molar-refractivity contribution in [1.29, 1.82) is 0 Å². The molecule has 6 nitrogen and oxygen atoms in total. The van der Waals surface area contributed by atoms with Gasteiger partial charge in [-0.1, -0.05) is 0 Å². The number of carboxylic acids is 1. The molecule has 4 rings (SSSR count). The van der Waals surface area contributed by atoms with Crippen LogP contribution in [0.25, 0.3) is 0 Å². The monoisotopic (exact) mass is 275 g/mol. The van der Waals surface area contributed by atoms with Gasteiger partial charge in [-0.15, -0.1) is 0 Å². The Morgan fingerprint density at radius 3 is 2.65 bits per heavy atom. The zero-order valence-corrected chi connectivity index (χ0v) is 11.1. The fourth-order valence-electron chi connectivity index (χ4n) is 3.82. The van der Waals surface area contributed by atoms with Gasteiger partial charge in [-0.3, -0.25) is 9.59 Å². The molecule has 106 valence electrons. The van der Waals surface area contributed by atoms with E-state index < -0.39 is 5.97 Å². The van der Waals surface area contributed by atoms with Gasteiger partial charge in [-0.2, -0.15) is 0 Å². The lowest BCUT2D eigenvalue weighted by Gasteiger charge is -2.23. The molecule has 0 aromatic carbocycles. The molecule has 1 aromatic rings. The molecule has 3 heterocycles. The lowest BCUT2D eigenvalue weighted by molar-refractivity contribution is -0.142. The summed E-state index contributed by atoms with van der Waals surface area (Å²) >= 11 is 0. The molecule has 0 spiro atoms. The van der Waals surface area contributed by atoms with Crippen molar-refractivity contribution < 1.29 is 9.90 Å². The van der Waals surface area contributed by atoms with Crippen molar-refractivity contribution in [3.05, 3.63) is 22.7 Å². The maximum Gasteiger partial charge on any atom is 0.308 e. The van der Waals surface area contributed by atoms with Crippen molar-refractivity contribution in [1.82, 2.24) is 9.55 Å². The zero-order valence-electron chi connectivity index (χ0n) is 11.1. The molecule has 0 amide bonds. The Labute approximate surface area is 116 Å². The van der Waals surface area contributed by atoms with Crippen LogP contribution in [-0.4, -0.2) is 32.7 Å². The van der Waals surface area contributed by atoms with Crippen LogP contribution in [0, 0.1) is 5.92 Å². The molecular weight excluding hydrogens is 258 g/mol. The maximum absolute atomic E-state index is 12.5. The summed E-state index contributed by atoms with van der Waals surface area (Å²) < 4.78 is 1.76. The molecule has 3 fully saturated rings. The standard InChI is InChI=1S/C14H17N3O3/c18-13-12(15-5-6-16(13)8-1-2-8)17-9-3-4-11(17)10(7-9)14(19)20/h5-6,8-11H,1-4,7H2,(H,19,20). The molecule has 2 aliphatic heterocycles. The van der Waals surface area contributed by atoms with E-state index in [4.69, 9.17) is 0 Å². The van der Waals surface area contributed by atoms with Crippen molar-refractivity contribution in [2.45, 2.75) is 50.2 Å². The average molecular weight is 275 g/mol. The van der Waals surface area contributed by atoms with Crippen LogP contribution in [0.2, 0.25) is 0 Å². The molecular formula is C14H17N3O3. The third-order valence-electron chi connectivity index (χ3n) is 4.89. The minimum atomic E-state index is -0.749. The highest BCUT2D eigenvalue weighted by Crippen LogP contribution is 2.43. The summed E-state index contributed by atoms with van der Waals surface area (Å²) in [6, 6.07) is 0.420. The van der Waals surface area contributed by atoms with Gasteiger partial charge < -0.3 is 14.6 Å². The Hall–Kier alpha value is -1.85. The van der Waals surface area contributed by atoms with Crippen LogP contribution in [0.4, 0.5) is 5.82 Å². The van der Waals surface area contributed by atoms with Gasteiger partial charge >= 0.3 is 5.97 Å². The van der Waals surface area contributed by atoms with Crippen LogP contribution in [0.5, 0.6) is 0 Å². The Morgan fingerprint density at radius 1 is 1.25 bits per heavy atom. The third kappa shape index (κ3) is 1.60. The lowest BCUT2D eigenvalue weighted by Crippen LogP contribution is -2.38. The average Bonchev–Trinajstić information content (AvgIpc) is 3.12. The summed E-state index contributed by atoms with van der Waals surface area (Å²) in [4.78, 5) is 30.1. The van der Waals surface area contributed by atoms with Crippen molar-refractivity contribution in [2.24, 2.45) is 5.92 Å². The molecule has 2 saturated heterocycles. The fraction of sp³-hybridized carbons (Fsp3) is 0.643. The van der Waals surface area contributed by atoms with Crippen LogP contribution in [0.3, 0.4) is 0 Å². The molecule has 0 radical (unpaired) electrons. The van der Waals surface area contributed by atoms with E-state index in [1.165, 1.54) is 0 Å². The predicted molar refractivity (Wildman–Crippen MR) is 71.8 cm³/mol. The summed E-state index contributed by atoms with van der Waals surface area (Å²) in [5, 5.41) is 9.29. The van der Waals surface area contributed by atoms with Crippen LogP contribution < -0.4 is 10.5 Å². The maximum atomic E-state index is 12.5. The van der Waals surface area contributed by atoms with Gasteiger partial charge in [0, 0.05) is 30.5 Å². The second kappa shape index (κ2) is 4.07. The number of hydrogen-bond donors (Lipinski definition) is 1. The molecule has 2 bridgehead atoms. The smallest absolute Gasteiger partial charge is 0.308 e. The Kier molecular flexibility index (Phi) is 2.43. The largest absolute Gasteiger partial charge is 0.481 e. The van der Waals surface area contributed by atoms with Crippen molar-refractivity contribution in [3.63, 3.8) is 0 Å². The predicted octanol–water partition coefficient (Wildman–Crippen LogP) is 1.02. The van der Waals surface area contributed by atoms with Gasteiger partial charge in [0.25, 0.3) is 5.56 Å². The highest BCUT2D eigenvalue weighted by atomic mass is 16.4. The minimum absolute atomic E-state index is 0.0575. The van der Waals surface area contributed by atoms with Crippen molar-refractivity contribution in [3.8, 4) is 0 Å². The van der Waals surface area contributed by atoms with E-state index in [-0.39, 0.29) is 23.6 Å². The zero-order chi connectivity index (χ0) is 13.9. The number of anilines is 1. The Balaban J connectivity index is 1.73. The molecule has 1 aromatic heterocycles. The second-order valence-electron chi connectivity index (χ2n) is 6.08. The van der Waals surface area contributed by atoms with Crippen LogP contribution >= 0.6 is 0 Å². The van der Waals surface area contributed by atoms with Gasteiger partial charge in [0.1, 0.15) is 0 Å². The number of aromatic nitrogens is 2. The van der Waals surface area contributed by atoms with E-state index in [1.807, 2.05) is 4.90 Å². The van der Waals surface area contributed by atoms with Crippen LogP contribution in [-0.2, 0) is 4.79 Å². The first-order valence-corrected chi connectivity index (χ1v) is 7.25. The van der Waals surface area contributed by atoms with Gasteiger partial charge in [-0.25, -0.2) is 4.98 Å². The van der Waals surface area contributed by atoms with Gasteiger partial charge in [0.15, 0.2) is 5.82 Å². The van der Waals surface area contributed by atoms with Crippen LogP contribution in [0.15, 0.2) is 17.2 Å². The van der Waals surface area contributed by atoms with E-state index in [0.717, 1.165) is 25.7 Å². The van der Waals surface area contributed by atoms with E-state index in [1.54, 1.807) is 17.0 Å². The first-order chi connectivity index (χ1) is 9.66. The summed E-state index contributed by atoms with van der Waals surface area (Å²) in [6.07, 6.45) is 7.97. The number of carbonyl (C=O) groups is 1. The second-order valence-corrected chi connectivity index (χ2v) is 6.08. The quantitative estimate of drug-likeness (QED) is 0.891. The number of aliphatic carboxylic acids is 1. The lowest BCUT2D eigenvalue weighted by atomic mass is 9.89. The molecule has 1 N–H and O–H groups in total. The van der Waals surface area contributed by atoms with Crippen molar-refractivity contribution >= 4 is 11.8 Å². The first kappa shape index (κ1) is 11.9. The number of rotatable bonds is 3. The highest BCUT2D eigenvalue weighted by molar-refractivity contribution is 5.73. The molecule has 20 heavy (non-hydrogen) atoms. The molecule has 1 saturated carbocycles.